The lowest BCUT2D eigenvalue weighted by Crippen LogP contribution is -2.37. The van der Waals surface area contributed by atoms with Crippen LogP contribution in [0.25, 0.3) is 0 Å². The van der Waals surface area contributed by atoms with Crippen molar-refractivity contribution in [3.05, 3.63) is 30.1 Å². The first-order valence-electron chi connectivity index (χ1n) is 7.56. The van der Waals surface area contributed by atoms with Crippen LogP contribution in [0.2, 0.25) is 0 Å². The number of carboxylic acids is 1. The van der Waals surface area contributed by atoms with Gasteiger partial charge in [0.25, 0.3) is 0 Å². The molecule has 3 saturated carbocycles. The lowest BCUT2D eigenvalue weighted by Gasteiger charge is -2.15. The van der Waals surface area contributed by atoms with Gasteiger partial charge in [-0.1, -0.05) is 6.07 Å². The Morgan fingerprint density at radius 3 is 2.67 bits per heavy atom. The molecule has 3 aliphatic carbocycles. The molecule has 0 radical (unpaired) electrons. The predicted octanol–water partition coefficient (Wildman–Crippen LogP) is 1.34. The number of carboxylic acid groups (broad SMARTS) is 1. The minimum atomic E-state index is -0.689. The molecule has 0 bridgehead atoms. The number of carbonyl (C=O) groups excluding carboxylic acids is 1. The highest BCUT2D eigenvalue weighted by Crippen LogP contribution is 2.55. The monoisotopic (exact) mass is 286 g/mol. The van der Waals surface area contributed by atoms with Crippen molar-refractivity contribution >= 4 is 11.9 Å². The van der Waals surface area contributed by atoms with Gasteiger partial charge in [0, 0.05) is 18.4 Å². The number of hydrogen-bond donors (Lipinski definition) is 2. The summed E-state index contributed by atoms with van der Waals surface area (Å²) in [6, 6.07) is 4.01. The second-order valence-electron chi connectivity index (χ2n) is 6.65. The van der Waals surface area contributed by atoms with Crippen molar-refractivity contribution in [3.8, 4) is 0 Å². The van der Waals surface area contributed by atoms with E-state index in [9.17, 15) is 9.59 Å². The molecule has 0 aliphatic heterocycles. The Labute approximate surface area is 122 Å². The largest absolute Gasteiger partial charge is 0.481 e. The molecule has 4 rings (SSSR count). The van der Waals surface area contributed by atoms with Crippen LogP contribution in [-0.2, 0) is 15.0 Å². The van der Waals surface area contributed by atoms with Crippen LogP contribution in [0.4, 0.5) is 0 Å². The van der Waals surface area contributed by atoms with Crippen LogP contribution in [0.15, 0.2) is 24.5 Å². The molecule has 3 aliphatic rings. The maximum absolute atomic E-state index is 12.5. The Bertz CT molecular complexity index is 597. The van der Waals surface area contributed by atoms with Crippen molar-refractivity contribution in [2.45, 2.75) is 37.1 Å². The third-order valence-electron chi connectivity index (χ3n) is 5.26. The maximum Gasteiger partial charge on any atom is 0.306 e. The molecular weight excluding hydrogens is 268 g/mol. The SMILES string of the molecule is O=C(O)[C@@H]1C[C@@H]1[C@@H]1C[C@@H]1NC(=O)C1(c2cccnc2)CC1. The van der Waals surface area contributed by atoms with Gasteiger partial charge in [0.15, 0.2) is 0 Å². The molecule has 1 aromatic rings. The number of nitrogens with one attached hydrogen (secondary N) is 1. The van der Waals surface area contributed by atoms with Gasteiger partial charge in [0.2, 0.25) is 5.91 Å². The minimum Gasteiger partial charge on any atom is -0.481 e. The molecule has 1 heterocycles. The molecule has 5 heteroatoms. The number of aromatic nitrogens is 1. The summed E-state index contributed by atoms with van der Waals surface area (Å²) in [5.41, 5.74) is 0.617. The van der Waals surface area contributed by atoms with E-state index in [1.807, 2.05) is 12.1 Å². The molecular formula is C16H18N2O3. The van der Waals surface area contributed by atoms with Gasteiger partial charge in [-0.05, 0) is 49.1 Å². The van der Waals surface area contributed by atoms with Gasteiger partial charge in [-0.3, -0.25) is 14.6 Å². The average Bonchev–Trinajstić information content (AvgIpc) is 3.35. The Balaban J connectivity index is 1.37. The zero-order valence-electron chi connectivity index (χ0n) is 11.7. The van der Waals surface area contributed by atoms with Gasteiger partial charge in [0.1, 0.15) is 0 Å². The van der Waals surface area contributed by atoms with Crippen molar-refractivity contribution in [2.75, 3.05) is 0 Å². The third-order valence-corrected chi connectivity index (χ3v) is 5.26. The van der Waals surface area contributed by atoms with Crippen LogP contribution in [-0.4, -0.2) is 28.0 Å². The highest BCUT2D eigenvalue weighted by molar-refractivity contribution is 5.91. The van der Waals surface area contributed by atoms with Crippen molar-refractivity contribution in [1.29, 1.82) is 0 Å². The van der Waals surface area contributed by atoms with Crippen molar-refractivity contribution in [2.24, 2.45) is 17.8 Å². The van der Waals surface area contributed by atoms with Crippen LogP contribution >= 0.6 is 0 Å². The molecule has 4 atom stereocenters. The number of pyridine rings is 1. The van der Waals surface area contributed by atoms with Gasteiger partial charge in [0.05, 0.1) is 11.3 Å². The van der Waals surface area contributed by atoms with Gasteiger partial charge < -0.3 is 10.4 Å². The molecule has 1 aromatic heterocycles. The van der Waals surface area contributed by atoms with Crippen LogP contribution in [0, 0.1) is 17.8 Å². The van der Waals surface area contributed by atoms with Gasteiger partial charge in [-0.2, -0.15) is 0 Å². The quantitative estimate of drug-likeness (QED) is 0.856. The molecule has 0 unspecified atom stereocenters. The fourth-order valence-corrected chi connectivity index (χ4v) is 3.55. The zero-order chi connectivity index (χ0) is 14.6. The van der Waals surface area contributed by atoms with Gasteiger partial charge in [-0.15, -0.1) is 0 Å². The number of rotatable bonds is 5. The Hall–Kier alpha value is -1.91. The van der Waals surface area contributed by atoms with E-state index in [1.165, 1.54) is 0 Å². The highest BCUT2D eigenvalue weighted by Gasteiger charge is 2.59. The van der Waals surface area contributed by atoms with E-state index in [0.717, 1.165) is 31.2 Å². The molecule has 0 spiro atoms. The number of amides is 1. The minimum absolute atomic E-state index is 0.0931. The smallest absolute Gasteiger partial charge is 0.306 e. The summed E-state index contributed by atoms with van der Waals surface area (Å²) in [6.45, 7) is 0. The van der Waals surface area contributed by atoms with E-state index in [0.29, 0.717) is 5.92 Å². The van der Waals surface area contributed by atoms with E-state index in [4.69, 9.17) is 5.11 Å². The van der Waals surface area contributed by atoms with E-state index in [1.54, 1.807) is 12.4 Å². The maximum atomic E-state index is 12.5. The Kier molecular flexibility index (Phi) is 2.62. The van der Waals surface area contributed by atoms with Gasteiger partial charge >= 0.3 is 5.97 Å². The summed E-state index contributed by atoms with van der Waals surface area (Å²) in [6.07, 6.45) is 6.96. The summed E-state index contributed by atoms with van der Waals surface area (Å²) < 4.78 is 0. The summed E-state index contributed by atoms with van der Waals surface area (Å²) in [5, 5.41) is 12.1. The number of carbonyl (C=O) groups is 2. The highest BCUT2D eigenvalue weighted by atomic mass is 16.4. The lowest BCUT2D eigenvalue weighted by molar-refractivity contribution is -0.138. The van der Waals surface area contributed by atoms with Gasteiger partial charge in [-0.25, -0.2) is 0 Å². The summed E-state index contributed by atoms with van der Waals surface area (Å²) in [4.78, 5) is 27.5. The van der Waals surface area contributed by atoms with Crippen LogP contribution < -0.4 is 5.32 Å². The topological polar surface area (TPSA) is 79.3 Å². The molecule has 3 fully saturated rings. The molecule has 5 nitrogen and oxygen atoms in total. The van der Waals surface area contributed by atoms with E-state index in [2.05, 4.69) is 10.3 Å². The standard InChI is InChI=1S/C16H18N2O3/c19-14(20)12-6-10(12)11-7-13(11)18-15(21)16(3-4-16)9-2-1-5-17-8-9/h1-2,5,8,10-13H,3-4,6-7H2,(H,18,21)(H,19,20)/t10-,11+,12-,13+/m1/s1. The summed E-state index contributed by atoms with van der Waals surface area (Å²) >= 11 is 0. The van der Waals surface area contributed by atoms with Crippen molar-refractivity contribution in [1.82, 2.24) is 10.3 Å². The fraction of sp³-hybridized carbons (Fsp3) is 0.562. The Morgan fingerprint density at radius 2 is 2.10 bits per heavy atom. The number of aliphatic carboxylic acids is 1. The van der Waals surface area contributed by atoms with Crippen LogP contribution in [0.5, 0.6) is 0 Å². The molecule has 1 amide bonds. The second kappa shape index (κ2) is 4.29. The first-order chi connectivity index (χ1) is 10.1. The van der Waals surface area contributed by atoms with E-state index >= 15 is 0 Å². The normalized spacial score (nSPS) is 34.9. The number of hydrogen-bond acceptors (Lipinski definition) is 3. The molecule has 2 N–H and O–H groups in total. The zero-order valence-corrected chi connectivity index (χ0v) is 11.7. The first kappa shape index (κ1) is 12.8. The first-order valence-corrected chi connectivity index (χ1v) is 7.56. The average molecular weight is 286 g/mol. The lowest BCUT2D eigenvalue weighted by atomic mass is 9.96. The summed E-state index contributed by atoms with van der Waals surface area (Å²) in [5.74, 6) is -0.118. The molecule has 21 heavy (non-hydrogen) atoms. The van der Waals surface area contributed by atoms with Crippen LogP contribution in [0.3, 0.4) is 0 Å². The predicted molar refractivity (Wildman–Crippen MR) is 74.4 cm³/mol. The summed E-state index contributed by atoms with van der Waals surface area (Å²) in [7, 11) is 0. The van der Waals surface area contributed by atoms with Crippen molar-refractivity contribution in [3.63, 3.8) is 0 Å². The van der Waals surface area contributed by atoms with E-state index < -0.39 is 5.97 Å². The Morgan fingerprint density at radius 1 is 1.29 bits per heavy atom. The second-order valence-corrected chi connectivity index (χ2v) is 6.65. The molecule has 0 aromatic carbocycles. The van der Waals surface area contributed by atoms with E-state index in [-0.39, 0.29) is 29.2 Å². The molecule has 110 valence electrons. The fourth-order valence-electron chi connectivity index (χ4n) is 3.55. The van der Waals surface area contributed by atoms with Crippen molar-refractivity contribution < 1.29 is 14.7 Å². The number of nitrogens with zero attached hydrogens (tertiary/aromatic N) is 1. The molecule has 0 saturated heterocycles. The van der Waals surface area contributed by atoms with Crippen LogP contribution in [0.1, 0.15) is 31.2 Å². The third kappa shape index (κ3) is 2.11.